The molecule has 0 saturated carbocycles. The third-order valence-electron chi connectivity index (χ3n) is 4.08. The van der Waals surface area contributed by atoms with Crippen molar-refractivity contribution in [1.82, 2.24) is 14.9 Å². The zero-order chi connectivity index (χ0) is 20.1. The fourth-order valence-electron chi connectivity index (χ4n) is 2.77. The Morgan fingerprint density at radius 3 is 2.61 bits per heavy atom. The molecule has 1 amide bonds. The zero-order valence-electron chi connectivity index (χ0n) is 15.9. The SMILES string of the molecule is COc1ccc(-n2c(SCCNC(C)=O)nc3ccccc3c2=O)cc1OC. The molecule has 146 valence electrons. The third-order valence-corrected chi connectivity index (χ3v) is 5.02. The number of thioether (sulfide) groups is 1. The second-order valence-corrected chi connectivity index (χ2v) is 6.98. The van der Waals surface area contributed by atoms with Gasteiger partial charge in [0.25, 0.3) is 5.56 Å². The summed E-state index contributed by atoms with van der Waals surface area (Å²) < 4.78 is 12.2. The first kappa shape index (κ1) is 19.8. The molecular formula is C20H21N3O4S. The van der Waals surface area contributed by atoms with E-state index in [9.17, 15) is 9.59 Å². The lowest BCUT2D eigenvalue weighted by atomic mass is 10.2. The lowest BCUT2D eigenvalue weighted by molar-refractivity contribution is -0.118. The lowest BCUT2D eigenvalue weighted by Gasteiger charge is -2.15. The summed E-state index contributed by atoms with van der Waals surface area (Å²) in [6, 6.07) is 12.5. The molecule has 0 aliphatic carbocycles. The Bertz CT molecular complexity index is 1060. The smallest absolute Gasteiger partial charge is 0.266 e. The number of ether oxygens (including phenoxy) is 2. The van der Waals surface area contributed by atoms with Crippen LogP contribution in [-0.2, 0) is 4.79 Å². The molecule has 0 aliphatic rings. The van der Waals surface area contributed by atoms with Gasteiger partial charge in [0.15, 0.2) is 16.7 Å². The van der Waals surface area contributed by atoms with Crippen LogP contribution in [0.1, 0.15) is 6.92 Å². The van der Waals surface area contributed by atoms with Crippen LogP contribution in [-0.4, -0.2) is 42.0 Å². The highest BCUT2D eigenvalue weighted by Crippen LogP contribution is 2.30. The Balaban J connectivity index is 2.10. The van der Waals surface area contributed by atoms with Crippen molar-refractivity contribution in [2.75, 3.05) is 26.5 Å². The number of nitrogens with zero attached hydrogens (tertiary/aromatic N) is 2. The van der Waals surface area contributed by atoms with Crippen LogP contribution in [0.4, 0.5) is 0 Å². The van der Waals surface area contributed by atoms with Crippen LogP contribution in [0.3, 0.4) is 0 Å². The average Bonchev–Trinajstić information content (AvgIpc) is 2.70. The van der Waals surface area contributed by atoms with Crippen LogP contribution in [0.5, 0.6) is 11.5 Å². The van der Waals surface area contributed by atoms with E-state index in [2.05, 4.69) is 10.3 Å². The first-order valence-corrected chi connectivity index (χ1v) is 9.65. The number of carbonyl (C=O) groups is 1. The molecule has 1 heterocycles. The maximum absolute atomic E-state index is 13.2. The summed E-state index contributed by atoms with van der Waals surface area (Å²) in [6.45, 7) is 1.95. The van der Waals surface area contributed by atoms with Crippen molar-refractivity contribution < 1.29 is 14.3 Å². The number of hydrogen-bond donors (Lipinski definition) is 1. The van der Waals surface area contributed by atoms with Gasteiger partial charge in [0.05, 0.1) is 30.8 Å². The highest BCUT2D eigenvalue weighted by Gasteiger charge is 2.15. The predicted molar refractivity (Wildman–Crippen MR) is 110 cm³/mol. The molecule has 2 aromatic carbocycles. The summed E-state index contributed by atoms with van der Waals surface area (Å²) >= 11 is 1.40. The van der Waals surface area contributed by atoms with Crippen LogP contribution in [0.2, 0.25) is 0 Å². The van der Waals surface area contributed by atoms with Gasteiger partial charge in [0.1, 0.15) is 0 Å². The highest BCUT2D eigenvalue weighted by molar-refractivity contribution is 7.99. The first-order valence-electron chi connectivity index (χ1n) is 8.66. The molecule has 28 heavy (non-hydrogen) atoms. The van der Waals surface area contributed by atoms with Crippen molar-refractivity contribution in [2.24, 2.45) is 0 Å². The maximum Gasteiger partial charge on any atom is 0.266 e. The van der Waals surface area contributed by atoms with E-state index in [-0.39, 0.29) is 11.5 Å². The van der Waals surface area contributed by atoms with Crippen LogP contribution in [0, 0.1) is 0 Å². The van der Waals surface area contributed by atoms with Gasteiger partial charge in [0, 0.05) is 25.3 Å². The molecule has 1 aromatic heterocycles. The van der Waals surface area contributed by atoms with E-state index in [1.807, 2.05) is 18.2 Å². The Morgan fingerprint density at radius 2 is 1.89 bits per heavy atom. The second-order valence-electron chi connectivity index (χ2n) is 5.92. The van der Waals surface area contributed by atoms with Crippen LogP contribution >= 0.6 is 11.8 Å². The van der Waals surface area contributed by atoms with Gasteiger partial charge in [-0.25, -0.2) is 4.98 Å². The molecule has 0 saturated heterocycles. The minimum atomic E-state index is -0.167. The molecular weight excluding hydrogens is 378 g/mol. The number of carbonyl (C=O) groups excluding carboxylic acids is 1. The fraction of sp³-hybridized carbons (Fsp3) is 0.250. The molecule has 0 spiro atoms. The van der Waals surface area contributed by atoms with Gasteiger partial charge in [-0.15, -0.1) is 0 Å². The number of amides is 1. The van der Waals surface area contributed by atoms with Crippen molar-refractivity contribution in [2.45, 2.75) is 12.1 Å². The zero-order valence-corrected chi connectivity index (χ0v) is 16.7. The summed E-state index contributed by atoms with van der Waals surface area (Å²) in [5.74, 6) is 1.59. The first-order chi connectivity index (χ1) is 13.5. The van der Waals surface area contributed by atoms with Gasteiger partial charge in [-0.2, -0.15) is 0 Å². The van der Waals surface area contributed by atoms with Crippen molar-refractivity contribution in [1.29, 1.82) is 0 Å². The standard InChI is InChI=1S/C20H21N3O4S/c1-13(24)21-10-11-28-20-22-16-7-5-4-6-15(16)19(25)23(20)14-8-9-17(26-2)18(12-14)27-3/h4-9,12H,10-11H2,1-3H3,(H,21,24). The molecule has 0 fully saturated rings. The molecule has 3 aromatic rings. The highest BCUT2D eigenvalue weighted by atomic mass is 32.2. The molecule has 3 rings (SSSR count). The van der Waals surface area contributed by atoms with Gasteiger partial charge >= 0.3 is 0 Å². The van der Waals surface area contributed by atoms with Crippen molar-refractivity contribution in [3.8, 4) is 17.2 Å². The summed E-state index contributed by atoms with van der Waals surface area (Å²) in [6.07, 6.45) is 0. The predicted octanol–water partition coefficient (Wildman–Crippen LogP) is 2.63. The van der Waals surface area contributed by atoms with E-state index >= 15 is 0 Å². The molecule has 1 N–H and O–H groups in total. The number of nitrogens with one attached hydrogen (secondary N) is 1. The summed E-state index contributed by atoms with van der Waals surface area (Å²) in [7, 11) is 3.11. The molecule has 0 aliphatic heterocycles. The maximum atomic E-state index is 13.2. The van der Waals surface area contributed by atoms with Crippen LogP contribution < -0.4 is 20.3 Å². The Morgan fingerprint density at radius 1 is 1.14 bits per heavy atom. The molecule has 0 unspecified atom stereocenters. The number of benzene rings is 2. The minimum Gasteiger partial charge on any atom is -0.493 e. The molecule has 0 bridgehead atoms. The van der Waals surface area contributed by atoms with E-state index in [0.717, 1.165) is 0 Å². The van der Waals surface area contributed by atoms with Gasteiger partial charge in [-0.3, -0.25) is 14.2 Å². The summed E-state index contributed by atoms with van der Waals surface area (Å²) in [5.41, 5.74) is 1.09. The molecule has 0 atom stereocenters. The number of rotatable bonds is 7. The molecule has 7 nitrogen and oxygen atoms in total. The second kappa shape index (κ2) is 8.79. The van der Waals surface area contributed by atoms with Crippen molar-refractivity contribution in [3.63, 3.8) is 0 Å². The average molecular weight is 399 g/mol. The monoisotopic (exact) mass is 399 g/mol. The number of para-hydroxylation sites is 1. The van der Waals surface area contributed by atoms with Gasteiger partial charge in [-0.05, 0) is 24.3 Å². The summed E-state index contributed by atoms with van der Waals surface area (Å²) in [4.78, 5) is 29.0. The number of hydrogen-bond acceptors (Lipinski definition) is 6. The fourth-order valence-corrected chi connectivity index (χ4v) is 3.64. The van der Waals surface area contributed by atoms with Crippen molar-refractivity contribution >= 4 is 28.6 Å². The normalized spacial score (nSPS) is 10.7. The van der Waals surface area contributed by atoms with Gasteiger partial charge < -0.3 is 14.8 Å². The molecule has 0 radical (unpaired) electrons. The number of methoxy groups -OCH3 is 2. The summed E-state index contributed by atoms with van der Waals surface area (Å²) in [5, 5.41) is 3.82. The largest absolute Gasteiger partial charge is 0.493 e. The Labute approximate surface area is 166 Å². The lowest BCUT2D eigenvalue weighted by Crippen LogP contribution is -2.24. The van der Waals surface area contributed by atoms with Crippen LogP contribution in [0.25, 0.3) is 16.6 Å². The quantitative estimate of drug-likeness (QED) is 0.374. The number of fused-ring (bicyclic) bond motifs is 1. The minimum absolute atomic E-state index is 0.0932. The van der Waals surface area contributed by atoms with E-state index in [1.165, 1.54) is 18.7 Å². The number of aromatic nitrogens is 2. The van der Waals surface area contributed by atoms with Gasteiger partial charge in [0.2, 0.25) is 5.91 Å². The van der Waals surface area contributed by atoms with Gasteiger partial charge in [-0.1, -0.05) is 23.9 Å². The molecule has 8 heteroatoms. The van der Waals surface area contributed by atoms with E-state index in [0.29, 0.717) is 45.5 Å². The topological polar surface area (TPSA) is 82.5 Å². The Hall–Kier alpha value is -3.00. The Kier molecular flexibility index (Phi) is 6.20. The van der Waals surface area contributed by atoms with E-state index < -0.39 is 0 Å². The van der Waals surface area contributed by atoms with E-state index in [4.69, 9.17) is 9.47 Å². The van der Waals surface area contributed by atoms with E-state index in [1.54, 1.807) is 43.1 Å². The third kappa shape index (κ3) is 4.12. The van der Waals surface area contributed by atoms with Crippen molar-refractivity contribution in [3.05, 3.63) is 52.8 Å². The van der Waals surface area contributed by atoms with Crippen LogP contribution in [0.15, 0.2) is 52.4 Å².